The van der Waals surface area contributed by atoms with Crippen LogP contribution in [0.15, 0.2) is 54.6 Å². The summed E-state index contributed by atoms with van der Waals surface area (Å²) in [5.41, 5.74) is 2.85. The van der Waals surface area contributed by atoms with Crippen LogP contribution in [0, 0.1) is 0 Å². The lowest BCUT2D eigenvalue weighted by Crippen LogP contribution is -2.43. The molecule has 0 spiro atoms. The van der Waals surface area contributed by atoms with Crippen molar-refractivity contribution in [1.29, 1.82) is 0 Å². The Hall–Kier alpha value is -2.49. The van der Waals surface area contributed by atoms with Crippen molar-refractivity contribution in [3.63, 3.8) is 0 Å². The van der Waals surface area contributed by atoms with E-state index in [1.165, 1.54) is 4.90 Å². The van der Waals surface area contributed by atoms with Gasteiger partial charge in [-0.2, -0.15) is 0 Å². The van der Waals surface area contributed by atoms with Crippen molar-refractivity contribution >= 4 is 17.5 Å². The first-order valence-electron chi connectivity index (χ1n) is 7.09. The van der Waals surface area contributed by atoms with E-state index in [4.69, 9.17) is 0 Å². The highest BCUT2D eigenvalue weighted by atomic mass is 16.4. The highest BCUT2D eigenvalue weighted by molar-refractivity contribution is 5.89. The minimum absolute atomic E-state index is 0.0568. The summed E-state index contributed by atoms with van der Waals surface area (Å²) < 4.78 is 0. The molecule has 1 amide bonds. The quantitative estimate of drug-likeness (QED) is 0.871. The first kappa shape index (κ1) is 13.5. The first-order valence-corrected chi connectivity index (χ1v) is 7.09. The van der Waals surface area contributed by atoms with Crippen molar-refractivity contribution in [2.75, 3.05) is 10.2 Å². The van der Waals surface area contributed by atoms with Gasteiger partial charge >= 0.3 is 6.09 Å². The molecule has 2 unspecified atom stereocenters. The van der Waals surface area contributed by atoms with E-state index in [0.29, 0.717) is 0 Å². The zero-order chi connectivity index (χ0) is 14.8. The Labute approximate surface area is 124 Å². The predicted octanol–water partition coefficient (Wildman–Crippen LogP) is 4.12. The number of hydrogen-bond acceptors (Lipinski definition) is 2. The van der Waals surface area contributed by atoms with Crippen molar-refractivity contribution in [1.82, 2.24) is 0 Å². The van der Waals surface area contributed by atoms with Gasteiger partial charge in [0.05, 0.1) is 11.7 Å². The smallest absolute Gasteiger partial charge is 0.412 e. The predicted molar refractivity (Wildman–Crippen MR) is 83.8 cm³/mol. The summed E-state index contributed by atoms with van der Waals surface area (Å²) in [5, 5.41) is 12.9. The molecule has 0 fully saturated rings. The van der Waals surface area contributed by atoms with E-state index in [2.05, 4.69) is 5.32 Å². The summed E-state index contributed by atoms with van der Waals surface area (Å²) in [6, 6.07) is 17.8. The molecule has 0 saturated carbocycles. The molecule has 4 nitrogen and oxygen atoms in total. The normalized spacial score (nSPS) is 20.7. The van der Waals surface area contributed by atoms with Gasteiger partial charge in [-0.1, -0.05) is 36.4 Å². The lowest BCUT2D eigenvalue weighted by molar-refractivity contribution is 0.198. The molecule has 0 saturated heterocycles. The summed E-state index contributed by atoms with van der Waals surface area (Å²) in [6.07, 6.45) is -0.147. The second kappa shape index (κ2) is 5.48. The monoisotopic (exact) mass is 282 g/mol. The summed E-state index contributed by atoms with van der Waals surface area (Å²) in [4.78, 5) is 13.0. The van der Waals surface area contributed by atoms with Crippen LogP contribution in [0.4, 0.5) is 16.2 Å². The van der Waals surface area contributed by atoms with Crippen molar-refractivity contribution in [2.24, 2.45) is 0 Å². The van der Waals surface area contributed by atoms with Crippen molar-refractivity contribution in [3.8, 4) is 0 Å². The number of benzene rings is 2. The minimum Gasteiger partial charge on any atom is -0.465 e. The largest absolute Gasteiger partial charge is 0.465 e. The van der Waals surface area contributed by atoms with Gasteiger partial charge in [0.2, 0.25) is 0 Å². The maximum absolute atomic E-state index is 11.5. The van der Waals surface area contributed by atoms with Crippen molar-refractivity contribution in [2.45, 2.75) is 25.4 Å². The van der Waals surface area contributed by atoms with Gasteiger partial charge in [-0.3, -0.25) is 4.90 Å². The SMILES string of the molecule is CC1CC(Nc2ccccc2)c2ccccc2N1C(=O)O. The molecule has 0 bridgehead atoms. The van der Waals surface area contributed by atoms with Gasteiger partial charge in [-0.25, -0.2) is 4.79 Å². The van der Waals surface area contributed by atoms with Crippen LogP contribution in [-0.4, -0.2) is 17.2 Å². The molecular formula is C17H18N2O2. The Morgan fingerprint density at radius 2 is 1.81 bits per heavy atom. The second-order valence-corrected chi connectivity index (χ2v) is 5.36. The molecule has 1 aliphatic heterocycles. The zero-order valence-corrected chi connectivity index (χ0v) is 11.9. The van der Waals surface area contributed by atoms with Crippen LogP contribution in [-0.2, 0) is 0 Å². The average Bonchev–Trinajstić information content (AvgIpc) is 2.48. The number of hydrogen-bond donors (Lipinski definition) is 2. The van der Waals surface area contributed by atoms with Crippen LogP contribution in [0.1, 0.15) is 24.9 Å². The van der Waals surface area contributed by atoms with Crippen LogP contribution in [0.3, 0.4) is 0 Å². The van der Waals surface area contributed by atoms with E-state index < -0.39 is 6.09 Å². The Morgan fingerprint density at radius 3 is 2.52 bits per heavy atom. The number of para-hydroxylation sites is 2. The van der Waals surface area contributed by atoms with Crippen molar-refractivity contribution in [3.05, 3.63) is 60.2 Å². The molecule has 0 aliphatic carbocycles. The van der Waals surface area contributed by atoms with Crippen LogP contribution >= 0.6 is 0 Å². The van der Waals surface area contributed by atoms with Crippen LogP contribution in [0.2, 0.25) is 0 Å². The summed E-state index contributed by atoms with van der Waals surface area (Å²) in [6.45, 7) is 1.95. The van der Waals surface area contributed by atoms with Gasteiger partial charge in [0.1, 0.15) is 0 Å². The van der Waals surface area contributed by atoms with E-state index in [0.717, 1.165) is 23.4 Å². The second-order valence-electron chi connectivity index (χ2n) is 5.36. The number of anilines is 2. The molecule has 2 aromatic rings. The van der Waals surface area contributed by atoms with Gasteiger partial charge < -0.3 is 10.4 Å². The highest BCUT2D eigenvalue weighted by Crippen LogP contribution is 2.38. The van der Waals surface area contributed by atoms with E-state index in [1.807, 2.05) is 61.5 Å². The Bertz CT molecular complexity index is 642. The standard InChI is InChI=1S/C17H18N2O2/c1-12-11-15(18-13-7-3-2-4-8-13)14-9-5-6-10-16(14)19(12)17(20)21/h2-10,12,15,18H,11H2,1H3,(H,20,21). The third kappa shape index (κ3) is 2.57. The first-order chi connectivity index (χ1) is 10.2. The highest BCUT2D eigenvalue weighted by Gasteiger charge is 2.33. The molecule has 0 radical (unpaired) electrons. The Morgan fingerprint density at radius 1 is 1.14 bits per heavy atom. The molecule has 1 aliphatic rings. The van der Waals surface area contributed by atoms with E-state index in [9.17, 15) is 9.90 Å². The number of carboxylic acid groups (broad SMARTS) is 1. The summed E-state index contributed by atoms with van der Waals surface area (Å²) in [5.74, 6) is 0. The van der Waals surface area contributed by atoms with Gasteiger partial charge in [0.25, 0.3) is 0 Å². The van der Waals surface area contributed by atoms with E-state index in [-0.39, 0.29) is 12.1 Å². The molecule has 108 valence electrons. The average molecular weight is 282 g/mol. The molecular weight excluding hydrogens is 264 g/mol. The molecule has 4 heteroatoms. The van der Waals surface area contributed by atoms with Crippen LogP contribution < -0.4 is 10.2 Å². The summed E-state index contributed by atoms with van der Waals surface area (Å²) >= 11 is 0. The molecule has 3 rings (SSSR count). The minimum atomic E-state index is -0.895. The van der Waals surface area contributed by atoms with Gasteiger partial charge in [-0.05, 0) is 37.1 Å². The third-order valence-corrected chi connectivity index (χ3v) is 3.91. The fraction of sp³-hybridized carbons (Fsp3) is 0.235. The van der Waals surface area contributed by atoms with Gasteiger partial charge in [0, 0.05) is 11.7 Å². The maximum Gasteiger partial charge on any atom is 0.412 e. The molecule has 21 heavy (non-hydrogen) atoms. The molecule has 2 N–H and O–H groups in total. The maximum atomic E-state index is 11.5. The number of fused-ring (bicyclic) bond motifs is 1. The van der Waals surface area contributed by atoms with E-state index >= 15 is 0 Å². The van der Waals surface area contributed by atoms with E-state index in [1.54, 1.807) is 0 Å². The zero-order valence-electron chi connectivity index (χ0n) is 11.9. The number of nitrogens with one attached hydrogen (secondary N) is 1. The topological polar surface area (TPSA) is 52.6 Å². The molecule has 1 heterocycles. The van der Waals surface area contributed by atoms with Gasteiger partial charge in [0.15, 0.2) is 0 Å². The number of rotatable bonds is 2. The van der Waals surface area contributed by atoms with Crippen LogP contribution in [0.5, 0.6) is 0 Å². The fourth-order valence-corrected chi connectivity index (χ4v) is 2.98. The van der Waals surface area contributed by atoms with Crippen molar-refractivity contribution < 1.29 is 9.90 Å². The summed E-state index contributed by atoms with van der Waals surface area (Å²) in [7, 11) is 0. The Kier molecular flexibility index (Phi) is 3.52. The number of carbonyl (C=O) groups is 1. The molecule has 2 atom stereocenters. The fourth-order valence-electron chi connectivity index (χ4n) is 2.98. The lowest BCUT2D eigenvalue weighted by Gasteiger charge is -2.38. The third-order valence-electron chi connectivity index (χ3n) is 3.91. The molecule has 0 aromatic heterocycles. The molecule has 2 aromatic carbocycles. The van der Waals surface area contributed by atoms with Gasteiger partial charge in [-0.15, -0.1) is 0 Å². The number of nitrogens with zero attached hydrogens (tertiary/aromatic N) is 1. The van der Waals surface area contributed by atoms with Crippen LogP contribution in [0.25, 0.3) is 0 Å². The lowest BCUT2D eigenvalue weighted by atomic mass is 9.92. The number of amides is 1. The Balaban J connectivity index is 1.96.